The van der Waals surface area contributed by atoms with E-state index in [9.17, 15) is 24.8 Å². The van der Waals surface area contributed by atoms with Crippen molar-refractivity contribution < 1.29 is 19.6 Å². The highest BCUT2D eigenvalue weighted by Gasteiger charge is 2.23. The number of imide groups is 1. The number of carbonyl (C=O) groups excluding carboxylic acids is 2. The van der Waals surface area contributed by atoms with E-state index in [2.05, 4.69) is 15.6 Å². The zero-order chi connectivity index (χ0) is 25.2. The Bertz CT molecular complexity index is 1590. The Hall–Kier alpha value is -5.25. The summed E-state index contributed by atoms with van der Waals surface area (Å²) in [6, 6.07) is 20.2. The molecule has 1 fully saturated rings. The number of nitrogens with zero attached hydrogens (tertiary/aromatic N) is 2. The third kappa shape index (κ3) is 4.42. The molecule has 0 unspecified atom stereocenters. The number of allylic oxidation sites excluding steroid dienone is 1. The molecule has 1 aliphatic rings. The Morgan fingerprint density at radius 3 is 2.53 bits per heavy atom. The molecular formula is C26H19N5O5. The molecule has 10 heteroatoms. The monoisotopic (exact) mass is 481 g/mol. The lowest BCUT2D eigenvalue weighted by Gasteiger charge is -2.08. The molecule has 1 aromatic heterocycles. The van der Waals surface area contributed by atoms with Gasteiger partial charge in [0.2, 0.25) is 0 Å². The van der Waals surface area contributed by atoms with Gasteiger partial charge in [0.15, 0.2) is 5.88 Å². The van der Waals surface area contributed by atoms with Crippen LogP contribution in [-0.2, 0) is 11.2 Å². The SMILES string of the molecule is O=C1NC(=O)/C(=C/Cc2cccc(N=C(c3ccccc3)c3c(O)[nH]c4ccc([N+](=O)[O-])cc34)c2)N1. The average Bonchev–Trinajstić information content (AvgIpc) is 3.38. The number of aromatic amines is 1. The molecule has 0 bridgehead atoms. The Kier molecular flexibility index (Phi) is 5.75. The first-order valence-electron chi connectivity index (χ1n) is 10.9. The molecule has 1 aliphatic heterocycles. The Morgan fingerprint density at radius 1 is 1.00 bits per heavy atom. The quantitative estimate of drug-likeness (QED) is 0.107. The van der Waals surface area contributed by atoms with E-state index >= 15 is 0 Å². The van der Waals surface area contributed by atoms with Gasteiger partial charge in [-0.3, -0.25) is 20.2 Å². The molecule has 5 rings (SSSR count). The van der Waals surface area contributed by atoms with Crippen molar-refractivity contribution >= 4 is 39.9 Å². The maximum Gasteiger partial charge on any atom is 0.326 e. The second-order valence-electron chi connectivity index (χ2n) is 8.06. The largest absolute Gasteiger partial charge is 0.494 e. The van der Waals surface area contributed by atoms with Crippen molar-refractivity contribution in [1.29, 1.82) is 0 Å². The molecule has 0 saturated carbocycles. The van der Waals surface area contributed by atoms with Gasteiger partial charge in [0.05, 0.1) is 21.9 Å². The first-order chi connectivity index (χ1) is 17.4. The van der Waals surface area contributed by atoms with E-state index in [4.69, 9.17) is 4.99 Å². The van der Waals surface area contributed by atoms with Crippen LogP contribution in [0.5, 0.6) is 5.88 Å². The van der Waals surface area contributed by atoms with Gasteiger partial charge >= 0.3 is 6.03 Å². The number of aromatic hydroxyl groups is 1. The van der Waals surface area contributed by atoms with Crippen molar-refractivity contribution in [3.63, 3.8) is 0 Å². The second kappa shape index (κ2) is 9.18. The van der Waals surface area contributed by atoms with E-state index in [1.807, 2.05) is 48.5 Å². The maximum absolute atomic E-state index is 11.8. The van der Waals surface area contributed by atoms with Gasteiger partial charge in [0.1, 0.15) is 5.70 Å². The number of hydrogen-bond acceptors (Lipinski definition) is 6. The number of aliphatic imine (C=N–C) groups is 1. The molecule has 1 saturated heterocycles. The van der Waals surface area contributed by atoms with Gasteiger partial charge in [-0.15, -0.1) is 0 Å². The van der Waals surface area contributed by atoms with Crippen molar-refractivity contribution in [3.8, 4) is 5.88 Å². The van der Waals surface area contributed by atoms with E-state index in [0.717, 1.165) is 5.56 Å². The summed E-state index contributed by atoms with van der Waals surface area (Å²) in [5.41, 5.74) is 3.51. The van der Waals surface area contributed by atoms with Crippen molar-refractivity contribution in [2.75, 3.05) is 0 Å². The second-order valence-corrected chi connectivity index (χ2v) is 8.06. The molecule has 4 N–H and O–H groups in total. The van der Waals surface area contributed by atoms with Crippen LogP contribution in [0.1, 0.15) is 16.7 Å². The number of amides is 3. The lowest BCUT2D eigenvalue weighted by atomic mass is 10.0. The van der Waals surface area contributed by atoms with Crippen molar-refractivity contribution in [2.45, 2.75) is 6.42 Å². The van der Waals surface area contributed by atoms with E-state index in [1.165, 1.54) is 12.1 Å². The first kappa shape index (κ1) is 22.5. The van der Waals surface area contributed by atoms with Gasteiger partial charge in [-0.1, -0.05) is 48.5 Å². The fraction of sp³-hybridized carbons (Fsp3) is 0.0385. The molecule has 2 heterocycles. The lowest BCUT2D eigenvalue weighted by Crippen LogP contribution is -2.22. The molecule has 0 spiro atoms. The van der Waals surface area contributed by atoms with Crippen LogP contribution < -0.4 is 10.6 Å². The summed E-state index contributed by atoms with van der Waals surface area (Å²) in [4.78, 5) is 41.7. The third-order valence-electron chi connectivity index (χ3n) is 5.67. The standard InChI is InChI=1S/C26H19N5O5/c32-24-21(29-26(34)30-24)11-9-15-5-4-8-17(13-15)27-23(16-6-2-1-3-7-16)22-19-14-18(31(35)36)10-12-20(19)28-25(22)33/h1-8,10-14,28,33H,9H2,(H2,29,30,32,34)/b21-11-,27-23?. The third-order valence-corrected chi connectivity index (χ3v) is 5.67. The van der Waals surface area contributed by atoms with Crippen LogP contribution in [0.2, 0.25) is 0 Å². The first-order valence-corrected chi connectivity index (χ1v) is 10.9. The number of aromatic nitrogens is 1. The predicted molar refractivity (Wildman–Crippen MR) is 133 cm³/mol. The van der Waals surface area contributed by atoms with Crippen LogP contribution >= 0.6 is 0 Å². The smallest absolute Gasteiger partial charge is 0.326 e. The van der Waals surface area contributed by atoms with E-state index in [0.29, 0.717) is 39.8 Å². The topological polar surface area (TPSA) is 150 Å². The highest BCUT2D eigenvalue weighted by atomic mass is 16.6. The summed E-state index contributed by atoms with van der Waals surface area (Å²) in [5.74, 6) is -0.638. The van der Waals surface area contributed by atoms with Crippen molar-refractivity contribution in [2.24, 2.45) is 4.99 Å². The van der Waals surface area contributed by atoms with Gasteiger partial charge in [-0.25, -0.2) is 9.79 Å². The number of carbonyl (C=O) groups is 2. The minimum absolute atomic E-state index is 0.103. The van der Waals surface area contributed by atoms with Gasteiger partial charge in [-0.2, -0.15) is 0 Å². The molecule has 0 radical (unpaired) electrons. The van der Waals surface area contributed by atoms with Gasteiger partial charge in [0, 0.05) is 28.6 Å². The molecule has 0 atom stereocenters. The van der Waals surface area contributed by atoms with Crippen LogP contribution in [0.4, 0.5) is 16.2 Å². The van der Waals surface area contributed by atoms with E-state index in [1.54, 1.807) is 18.2 Å². The summed E-state index contributed by atoms with van der Waals surface area (Å²) in [6.45, 7) is 0. The minimum atomic E-state index is -0.559. The van der Waals surface area contributed by atoms with E-state index < -0.39 is 16.9 Å². The molecule has 178 valence electrons. The number of benzene rings is 3. The Labute approximate surface area is 204 Å². The summed E-state index contributed by atoms with van der Waals surface area (Å²) in [6.07, 6.45) is 1.99. The molecule has 36 heavy (non-hydrogen) atoms. The summed E-state index contributed by atoms with van der Waals surface area (Å²) in [5, 5.41) is 27.2. The summed E-state index contributed by atoms with van der Waals surface area (Å²) >= 11 is 0. The van der Waals surface area contributed by atoms with Gasteiger partial charge < -0.3 is 15.4 Å². The predicted octanol–water partition coefficient (Wildman–Crippen LogP) is 4.22. The zero-order valence-corrected chi connectivity index (χ0v) is 18.7. The lowest BCUT2D eigenvalue weighted by molar-refractivity contribution is -0.384. The van der Waals surface area contributed by atoms with Crippen LogP contribution in [0, 0.1) is 10.1 Å². The number of rotatable bonds is 6. The number of H-pyrrole nitrogens is 1. The van der Waals surface area contributed by atoms with Crippen molar-refractivity contribution in [1.82, 2.24) is 15.6 Å². The molecule has 10 nitrogen and oxygen atoms in total. The molecule has 3 amide bonds. The molecule has 3 aromatic carbocycles. The van der Waals surface area contributed by atoms with Gasteiger partial charge in [0.25, 0.3) is 11.6 Å². The number of urea groups is 1. The highest BCUT2D eigenvalue weighted by molar-refractivity contribution is 6.22. The number of non-ortho nitro benzene ring substituents is 1. The fourth-order valence-electron chi connectivity index (χ4n) is 4.01. The number of nitro groups is 1. The summed E-state index contributed by atoms with van der Waals surface area (Å²) < 4.78 is 0. The number of fused-ring (bicyclic) bond motifs is 1. The van der Waals surface area contributed by atoms with Crippen molar-refractivity contribution in [3.05, 3.63) is 111 Å². The van der Waals surface area contributed by atoms with Crippen LogP contribution in [-0.4, -0.2) is 32.7 Å². The highest BCUT2D eigenvalue weighted by Crippen LogP contribution is 2.33. The van der Waals surface area contributed by atoms with Crippen LogP contribution in [0.15, 0.2) is 89.6 Å². The number of nitrogens with one attached hydrogen (secondary N) is 3. The Morgan fingerprint density at radius 2 is 1.81 bits per heavy atom. The minimum Gasteiger partial charge on any atom is -0.494 e. The molecular weight excluding hydrogens is 462 g/mol. The van der Waals surface area contributed by atoms with Crippen LogP contribution in [0.3, 0.4) is 0 Å². The Balaban J connectivity index is 1.60. The summed E-state index contributed by atoms with van der Waals surface area (Å²) in [7, 11) is 0. The zero-order valence-electron chi connectivity index (χ0n) is 18.7. The normalized spacial score (nSPS) is 14.8. The molecule has 4 aromatic rings. The fourth-order valence-corrected chi connectivity index (χ4v) is 4.01. The van der Waals surface area contributed by atoms with Gasteiger partial charge in [-0.05, 0) is 30.2 Å². The molecule has 0 aliphatic carbocycles. The number of hydrogen-bond donors (Lipinski definition) is 4. The average molecular weight is 481 g/mol. The van der Waals surface area contributed by atoms with Crippen LogP contribution in [0.25, 0.3) is 10.9 Å². The van der Waals surface area contributed by atoms with E-state index in [-0.39, 0.29) is 17.3 Å². The number of nitro benzene ring substituents is 1. The maximum atomic E-state index is 11.8.